The van der Waals surface area contributed by atoms with Crippen LogP contribution in [0.1, 0.15) is 5.56 Å². The molecule has 4 rings (SSSR count). The number of nitro groups is 1. The van der Waals surface area contributed by atoms with Crippen molar-refractivity contribution in [2.75, 3.05) is 10.6 Å². The third kappa shape index (κ3) is 4.42. The van der Waals surface area contributed by atoms with Crippen LogP contribution in [-0.2, 0) is 6.54 Å². The van der Waals surface area contributed by atoms with Crippen molar-refractivity contribution in [2.45, 2.75) is 6.54 Å². The maximum absolute atomic E-state index is 11.8. The first-order valence-corrected chi connectivity index (χ1v) is 9.43. The number of rotatable bonds is 6. The van der Waals surface area contributed by atoms with Gasteiger partial charge in [0.25, 0.3) is 5.69 Å². The van der Waals surface area contributed by atoms with E-state index in [0.717, 1.165) is 16.9 Å². The van der Waals surface area contributed by atoms with Gasteiger partial charge in [0.1, 0.15) is 5.58 Å². The van der Waals surface area contributed by atoms with Crippen molar-refractivity contribution in [3.8, 4) is 0 Å². The number of non-ortho nitro benzene ring substituents is 1. The monoisotopic (exact) mass is 421 g/mol. The second-order valence-electron chi connectivity index (χ2n) is 6.60. The van der Waals surface area contributed by atoms with Crippen molar-refractivity contribution < 1.29 is 9.34 Å². The predicted octanol–water partition coefficient (Wildman–Crippen LogP) is 5.71. The molecule has 8 heteroatoms. The van der Waals surface area contributed by atoms with Crippen molar-refractivity contribution in [2.24, 2.45) is 0 Å². The largest absolute Gasteiger partial charge is 0.423 e. The first kappa shape index (κ1) is 19.5. The van der Waals surface area contributed by atoms with E-state index in [0.29, 0.717) is 22.6 Å². The summed E-state index contributed by atoms with van der Waals surface area (Å²) in [7, 11) is 0. The van der Waals surface area contributed by atoms with Gasteiger partial charge in [0.2, 0.25) is 0 Å². The van der Waals surface area contributed by atoms with Gasteiger partial charge in [-0.05, 0) is 48.0 Å². The molecule has 0 atom stereocenters. The van der Waals surface area contributed by atoms with E-state index in [1.54, 1.807) is 0 Å². The molecule has 0 aliphatic rings. The summed E-state index contributed by atoms with van der Waals surface area (Å²) in [5, 5.41) is 18.7. The molecule has 3 aromatic carbocycles. The van der Waals surface area contributed by atoms with Gasteiger partial charge in [0, 0.05) is 46.5 Å². The molecule has 30 heavy (non-hydrogen) atoms. The highest BCUT2D eigenvalue weighted by Gasteiger charge is 2.12. The van der Waals surface area contributed by atoms with Crippen LogP contribution < -0.4 is 16.3 Å². The Morgan fingerprint density at radius 3 is 2.33 bits per heavy atom. The second-order valence-corrected chi connectivity index (χ2v) is 7.04. The SMILES string of the molecule is O=c1cc(Nc2ccc(NCc3ccc(Cl)cc3)cc2)c2cc([N+](=O)[O-])ccc2o1. The highest BCUT2D eigenvalue weighted by molar-refractivity contribution is 6.30. The van der Waals surface area contributed by atoms with E-state index in [9.17, 15) is 14.9 Å². The van der Waals surface area contributed by atoms with Gasteiger partial charge >= 0.3 is 5.63 Å². The molecule has 0 saturated carbocycles. The van der Waals surface area contributed by atoms with Crippen LogP contribution >= 0.6 is 11.6 Å². The van der Waals surface area contributed by atoms with Gasteiger partial charge in [0.05, 0.1) is 10.6 Å². The normalized spacial score (nSPS) is 10.7. The summed E-state index contributed by atoms with van der Waals surface area (Å²) in [6, 6.07) is 20.5. The molecule has 0 spiro atoms. The average Bonchev–Trinajstić information content (AvgIpc) is 2.74. The third-order valence-electron chi connectivity index (χ3n) is 4.51. The fourth-order valence-corrected chi connectivity index (χ4v) is 3.13. The van der Waals surface area contributed by atoms with Crippen LogP contribution in [0.25, 0.3) is 11.0 Å². The molecule has 1 heterocycles. The minimum atomic E-state index is -0.542. The standard InChI is InChI=1S/C22H16ClN3O4/c23-15-3-1-14(2-4-15)13-24-16-5-7-17(8-6-16)25-20-12-22(27)30-21-10-9-18(26(28)29)11-19(20)21/h1-12,24-25H,13H2. The maximum atomic E-state index is 11.8. The third-order valence-corrected chi connectivity index (χ3v) is 4.76. The first-order valence-electron chi connectivity index (χ1n) is 9.06. The van der Waals surface area contributed by atoms with Gasteiger partial charge in [-0.3, -0.25) is 10.1 Å². The van der Waals surface area contributed by atoms with Crippen molar-refractivity contribution in [3.05, 3.63) is 104 Å². The Labute approximate surface area is 176 Å². The molecule has 0 unspecified atom stereocenters. The zero-order valence-corrected chi connectivity index (χ0v) is 16.3. The predicted molar refractivity (Wildman–Crippen MR) is 118 cm³/mol. The second kappa shape index (κ2) is 8.26. The molecule has 0 amide bonds. The number of benzene rings is 3. The Morgan fingerprint density at radius 1 is 0.933 bits per heavy atom. The number of anilines is 3. The van der Waals surface area contributed by atoms with Crippen LogP contribution in [0.4, 0.5) is 22.7 Å². The number of hydrogen-bond donors (Lipinski definition) is 2. The zero-order valence-electron chi connectivity index (χ0n) is 15.6. The van der Waals surface area contributed by atoms with Crippen molar-refractivity contribution in [1.29, 1.82) is 0 Å². The summed E-state index contributed by atoms with van der Waals surface area (Å²) in [5.41, 5.74) is 2.84. The molecule has 0 radical (unpaired) electrons. The highest BCUT2D eigenvalue weighted by Crippen LogP contribution is 2.29. The van der Waals surface area contributed by atoms with Crippen LogP contribution in [0.2, 0.25) is 5.02 Å². The van der Waals surface area contributed by atoms with Crippen molar-refractivity contribution >= 4 is 45.3 Å². The van der Waals surface area contributed by atoms with Crippen LogP contribution in [0.5, 0.6) is 0 Å². The Hall–Kier alpha value is -3.84. The molecule has 0 saturated heterocycles. The lowest BCUT2D eigenvalue weighted by atomic mass is 10.1. The van der Waals surface area contributed by atoms with Crippen molar-refractivity contribution in [1.82, 2.24) is 0 Å². The van der Waals surface area contributed by atoms with Crippen LogP contribution in [0.15, 0.2) is 82.0 Å². The molecule has 150 valence electrons. The minimum Gasteiger partial charge on any atom is -0.423 e. The van der Waals surface area contributed by atoms with E-state index >= 15 is 0 Å². The quantitative estimate of drug-likeness (QED) is 0.235. The Bertz CT molecular complexity index is 1270. The van der Waals surface area contributed by atoms with Gasteiger partial charge in [-0.15, -0.1) is 0 Å². The summed E-state index contributed by atoms with van der Waals surface area (Å²) >= 11 is 5.90. The van der Waals surface area contributed by atoms with Gasteiger partial charge in [-0.25, -0.2) is 4.79 Å². The zero-order chi connectivity index (χ0) is 21.1. The fraction of sp³-hybridized carbons (Fsp3) is 0.0455. The van der Waals surface area contributed by atoms with Crippen LogP contribution in [0.3, 0.4) is 0 Å². The molecular weight excluding hydrogens is 406 g/mol. The van der Waals surface area contributed by atoms with Crippen LogP contribution in [0, 0.1) is 10.1 Å². The van der Waals surface area contributed by atoms with Gasteiger partial charge in [-0.2, -0.15) is 0 Å². The number of nitrogens with zero attached hydrogens (tertiary/aromatic N) is 1. The topological polar surface area (TPSA) is 97.4 Å². The van der Waals surface area contributed by atoms with E-state index in [2.05, 4.69) is 10.6 Å². The van der Waals surface area contributed by atoms with E-state index < -0.39 is 10.5 Å². The Kier molecular flexibility index (Phi) is 5.36. The molecule has 0 bridgehead atoms. The number of halogens is 1. The van der Waals surface area contributed by atoms with E-state index in [1.807, 2.05) is 48.5 Å². The average molecular weight is 422 g/mol. The van der Waals surface area contributed by atoms with Crippen LogP contribution in [-0.4, -0.2) is 4.92 Å². The van der Waals surface area contributed by atoms with E-state index in [-0.39, 0.29) is 11.3 Å². The van der Waals surface area contributed by atoms with E-state index in [4.69, 9.17) is 16.0 Å². The fourth-order valence-electron chi connectivity index (χ4n) is 3.00. The molecule has 7 nitrogen and oxygen atoms in total. The Balaban J connectivity index is 1.53. The van der Waals surface area contributed by atoms with Gasteiger partial charge in [-0.1, -0.05) is 23.7 Å². The minimum absolute atomic E-state index is 0.0823. The van der Waals surface area contributed by atoms with Crippen molar-refractivity contribution in [3.63, 3.8) is 0 Å². The molecular formula is C22H16ClN3O4. The van der Waals surface area contributed by atoms with Gasteiger partial charge in [0.15, 0.2) is 0 Å². The lowest BCUT2D eigenvalue weighted by Gasteiger charge is -2.11. The lowest BCUT2D eigenvalue weighted by Crippen LogP contribution is -2.02. The molecule has 1 aromatic heterocycles. The number of nitro benzene ring substituents is 1. The summed E-state index contributed by atoms with van der Waals surface area (Å²) in [4.78, 5) is 22.4. The summed E-state index contributed by atoms with van der Waals surface area (Å²) in [6.45, 7) is 0.651. The van der Waals surface area contributed by atoms with E-state index in [1.165, 1.54) is 24.3 Å². The van der Waals surface area contributed by atoms with Gasteiger partial charge < -0.3 is 15.1 Å². The summed E-state index contributed by atoms with van der Waals surface area (Å²) in [5.74, 6) is 0. The maximum Gasteiger partial charge on any atom is 0.338 e. The summed E-state index contributed by atoms with van der Waals surface area (Å²) in [6.07, 6.45) is 0. The molecule has 0 fully saturated rings. The molecule has 0 aliphatic carbocycles. The number of fused-ring (bicyclic) bond motifs is 1. The smallest absolute Gasteiger partial charge is 0.338 e. The number of hydrogen-bond acceptors (Lipinski definition) is 6. The summed E-state index contributed by atoms with van der Waals surface area (Å²) < 4.78 is 5.14. The molecule has 4 aromatic rings. The lowest BCUT2D eigenvalue weighted by molar-refractivity contribution is -0.384. The molecule has 0 aliphatic heterocycles. The Morgan fingerprint density at radius 2 is 1.63 bits per heavy atom. The number of nitrogens with one attached hydrogen (secondary N) is 2. The molecule has 2 N–H and O–H groups in total. The first-order chi connectivity index (χ1) is 14.5. The highest BCUT2D eigenvalue weighted by atomic mass is 35.5.